The van der Waals surface area contributed by atoms with Gasteiger partial charge in [0.1, 0.15) is 5.82 Å². The Bertz CT molecular complexity index is 410. The predicted octanol–water partition coefficient (Wildman–Crippen LogP) is 2.20. The van der Waals surface area contributed by atoms with Gasteiger partial charge in [0.15, 0.2) is 0 Å². The van der Waals surface area contributed by atoms with Crippen LogP contribution in [0.5, 0.6) is 0 Å². The molecule has 0 heterocycles. The lowest BCUT2D eigenvalue weighted by atomic mass is 10.1. The Morgan fingerprint density at radius 3 is 2.93 bits per heavy atom. The third kappa shape index (κ3) is 3.61. The maximum absolute atomic E-state index is 13.0. The Kier molecular flexibility index (Phi) is 4.14. The number of esters is 1. The van der Waals surface area contributed by atoms with Crippen LogP contribution >= 0.6 is 11.6 Å². The van der Waals surface area contributed by atoms with Gasteiger partial charge in [-0.05, 0) is 17.7 Å². The number of hydrogen-bond acceptors (Lipinski definition) is 2. The zero-order valence-electron chi connectivity index (χ0n) is 7.80. The van der Waals surface area contributed by atoms with Gasteiger partial charge in [0, 0.05) is 12.3 Å². The maximum atomic E-state index is 13.0. The SMILES string of the molecule is C#CC(=O)OCCc1ccc(Cl)c(F)c1. The van der Waals surface area contributed by atoms with E-state index in [1.54, 1.807) is 6.07 Å². The van der Waals surface area contributed by atoms with Gasteiger partial charge in [0.05, 0.1) is 11.6 Å². The Hall–Kier alpha value is -1.53. The summed E-state index contributed by atoms with van der Waals surface area (Å²) in [6.07, 6.45) is 5.20. The van der Waals surface area contributed by atoms with Crippen LogP contribution in [0.2, 0.25) is 5.02 Å². The molecule has 0 atom stereocenters. The summed E-state index contributed by atoms with van der Waals surface area (Å²) in [4.78, 5) is 10.6. The van der Waals surface area contributed by atoms with E-state index in [0.29, 0.717) is 12.0 Å². The highest BCUT2D eigenvalue weighted by Gasteiger charge is 2.02. The number of rotatable bonds is 3. The molecule has 4 heteroatoms. The van der Waals surface area contributed by atoms with Crippen molar-refractivity contribution in [3.8, 4) is 12.3 Å². The molecule has 0 amide bonds. The summed E-state index contributed by atoms with van der Waals surface area (Å²) in [5.41, 5.74) is 0.696. The van der Waals surface area contributed by atoms with Crippen LogP contribution in [0.4, 0.5) is 4.39 Å². The maximum Gasteiger partial charge on any atom is 0.384 e. The van der Waals surface area contributed by atoms with Crippen LogP contribution in [0.3, 0.4) is 0 Å². The smallest absolute Gasteiger partial charge is 0.384 e. The fourth-order valence-corrected chi connectivity index (χ4v) is 1.12. The van der Waals surface area contributed by atoms with E-state index in [4.69, 9.17) is 18.0 Å². The van der Waals surface area contributed by atoms with E-state index in [2.05, 4.69) is 4.74 Å². The van der Waals surface area contributed by atoms with Gasteiger partial charge in [0.2, 0.25) is 0 Å². The molecule has 1 aromatic carbocycles. The summed E-state index contributed by atoms with van der Waals surface area (Å²) in [6, 6.07) is 4.41. The highest BCUT2D eigenvalue weighted by Crippen LogP contribution is 2.15. The van der Waals surface area contributed by atoms with Gasteiger partial charge in [-0.15, -0.1) is 6.42 Å². The van der Waals surface area contributed by atoms with Crippen molar-refractivity contribution in [3.05, 3.63) is 34.6 Å². The Balaban J connectivity index is 2.49. The van der Waals surface area contributed by atoms with Crippen molar-refractivity contribution in [2.24, 2.45) is 0 Å². The van der Waals surface area contributed by atoms with Gasteiger partial charge in [-0.25, -0.2) is 9.18 Å². The molecule has 15 heavy (non-hydrogen) atoms. The van der Waals surface area contributed by atoms with Crippen LogP contribution < -0.4 is 0 Å². The third-order valence-corrected chi connectivity index (χ3v) is 2.03. The fraction of sp³-hybridized carbons (Fsp3) is 0.182. The number of ether oxygens (including phenoxy) is 1. The average Bonchev–Trinajstić information content (AvgIpc) is 2.23. The standard InChI is InChI=1S/C11H8ClFO2/c1-2-11(14)15-6-5-8-3-4-9(12)10(13)7-8/h1,3-4,7H,5-6H2. The topological polar surface area (TPSA) is 26.3 Å². The summed E-state index contributed by atoms with van der Waals surface area (Å²) in [7, 11) is 0. The van der Waals surface area contributed by atoms with E-state index in [0.717, 1.165) is 0 Å². The molecule has 1 aromatic rings. The number of carbonyl (C=O) groups excluding carboxylic acids is 1. The van der Waals surface area contributed by atoms with Gasteiger partial charge in [-0.2, -0.15) is 0 Å². The first-order chi connectivity index (χ1) is 7.13. The zero-order valence-corrected chi connectivity index (χ0v) is 8.55. The molecule has 0 fully saturated rings. The first-order valence-corrected chi connectivity index (χ1v) is 4.58. The molecule has 0 aliphatic heterocycles. The predicted molar refractivity (Wildman–Crippen MR) is 54.9 cm³/mol. The Labute approximate surface area is 92.0 Å². The highest BCUT2D eigenvalue weighted by atomic mass is 35.5. The van der Waals surface area contributed by atoms with Gasteiger partial charge in [0.25, 0.3) is 0 Å². The number of halogens is 2. The molecule has 0 saturated heterocycles. The van der Waals surface area contributed by atoms with Gasteiger partial charge in [-0.1, -0.05) is 17.7 Å². The second kappa shape index (κ2) is 5.38. The molecule has 0 aliphatic carbocycles. The van der Waals surface area contributed by atoms with E-state index >= 15 is 0 Å². The quantitative estimate of drug-likeness (QED) is 0.449. The van der Waals surface area contributed by atoms with Crippen LogP contribution in [0.15, 0.2) is 18.2 Å². The molecular weight excluding hydrogens is 219 g/mol. The van der Waals surface area contributed by atoms with Crippen molar-refractivity contribution in [3.63, 3.8) is 0 Å². The van der Waals surface area contributed by atoms with Crippen molar-refractivity contribution >= 4 is 17.6 Å². The van der Waals surface area contributed by atoms with Gasteiger partial charge < -0.3 is 4.74 Å². The summed E-state index contributed by atoms with van der Waals surface area (Å²) in [5, 5.41) is 0.0689. The minimum Gasteiger partial charge on any atom is -0.456 e. The van der Waals surface area contributed by atoms with E-state index in [9.17, 15) is 9.18 Å². The van der Waals surface area contributed by atoms with Crippen LogP contribution in [0, 0.1) is 18.2 Å². The normalized spacial score (nSPS) is 9.40. The first kappa shape index (κ1) is 11.5. The molecule has 0 aliphatic rings. The summed E-state index contributed by atoms with van der Waals surface area (Å²) in [5.74, 6) is 0.609. The van der Waals surface area contributed by atoms with Crippen molar-refractivity contribution in [2.75, 3.05) is 6.61 Å². The third-order valence-electron chi connectivity index (χ3n) is 1.73. The second-order valence-corrected chi connectivity index (χ2v) is 3.19. The Morgan fingerprint density at radius 1 is 1.60 bits per heavy atom. The van der Waals surface area contributed by atoms with E-state index in [-0.39, 0.29) is 11.6 Å². The average molecular weight is 227 g/mol. The molecule has 0 unspecified atom stereocenters. The molecule has 78 valence electrons. The summed E-state index contributed by atoms with van der Waals surface area (Å²) >= 11 is 5.50. The summed E-state index contributed by atoms with van der Waals surface area (Å²) in [6.45, 7) is 0.129. The molecule has 1 rings (SSSR count). The van der Waals surface area contributed by atoms with Crippen molar-refractivity contribution in [2.45, 2.75) is 6.42 Å². The lowest BCUT2D eigenvalue weighted by molar-refractivity contribution is -0.136. The summed E-state index contributed by atoms with van der Waals surface area (Å²) < 4.78 is 17.6. The fourth-order valence-electron chi connectivity index (χ4n) is 0.998. The minimum atomic E-state index is -0.718. The molecule has 0 aromatic heterocycles. The lowest BCUT2D eigenvalue weighted by Gasteiger charge is -2.02. The lowest BCUT2D eigenvalue weighted by Crippen LogP contribution is -2.05. The second-order valence-electron chi connectivity index (χ2n) is 2.78. The zero-order chi connectivity index (χ0) is 11.3. The molecule has 0 saturated carbocycles. The number of hydrogen-bond donors (Lipinski definition) is 0. The largest absolute Gasteiger partial charge is 0.456 e. The molecular formula is C11H8ClFO2. The minimum absolute atomic E-state index is 0.0689. The van der Waals surface area contributed by atoms with Gasteiger partial charge >= 0.3 is 5.97 Å². The van der Waals surface area contributed by atoms with Crippen LogP contribution in [-0.4, -0.2) is 12.6 Å². The van der Waals surface area contributed by atoms with Gasteiger partial charge in [-0.3, -0.25) is 0 Å². The number of carbonyl (C=O) groups is 1. The molecule has 0 N–H and O–H groups in total. The number of terminal acetylenes is 1. The van der Waals surface area contributed by atoms with Crippen LogP contribution in [0.25, 0.3) is 0 Å². The van der Waals surface area contributed by atoms with Crippen LogP contribution in [0.1, 0.15) is 5.56 Å². The van der Waals surface area contributed by atoms with Crippen molar-refractivity contribution in [1.82, 2.24) is 0 Å². The molecule has 2 nitrogen and oxygen atoms in total. The first-order valence-electron chi connectivity index (χ1n) is 4.21. The van der Waals surface area contributed by atoms with Crippen molar-refractivity contribution in [1.29, 1.82) is 0 Å². The van der Waals surface area contributed by atoms with E-state index in [1.165, 1.54) is 12.1 Å². The van der Waals surface area contributed by atoms with E-state index in [1.807, 2.05) is 5.92 Å². The highest BCUT2D eigenvalue weighted by molar-refractivity contribution is 6.30. The van der Waals surface area contributed by atoms with Crippen LogP contribution in [-0.2, 0) is 16.0 Å². The Morgan fingerprint density at radius 2 is 2.33 bits per heavy atom. The number of benzene rings is 1. The molecule has 0 bridgehead atoms. The van der Waals surface area contributed by atoms with Crippen molar-refractivity contribution < 1.29 is 13.9 Å². The monoisotopic (exact) mass is 226 g/mol. The molecule has 0 spiro atoms. The molecule has 0 radical (unpaired) electrons. The van der Waals surface area contributed by atoms with E-state index < -0.39 is 11.8 Å².